The van der Waals surface area contributed by atoms with Gasteiger partial charge in [0.15, 0.2) is 0 Å². The summed E-state index contributed by atoms with van der Waals surface area (Å²) in [4.78, 5) is 10.2. The van der Waals surface area contributed by atoms with Crippen LogP contribution in [0.15, 0.2) is 18.2 Å². The molecule has 2 N–H and O–H groups in total. The van der Waals surface area contributed by atoms with Crippen molar-refractivity contribution in [2.45, 2.75) is 6.92 Å². The number of rotatable bonds is 7. The molecule has 1 rings (SSSR count). The van der Waals surface area contributed by atoms with E-state index in [0.29, 0.717) is 0 Å². The lowest BCUT2D eigenvalue weighted by atomic mass is 10.2. The van der Waals surface area contributed by atoms with Crippen LogP contribution in [-0.4, -0.2) is 32.2 Å². The fourth-order valence-electron chi connectivity index (χ4n) is 1.52. The highest BCUT2D eigenvalue weighted by molar-refractivity contribution is 7.89. The first-order valence-electron chi connectivity index (χ1n) is 5.79. The summed E-state index contributed by atoms with van der Waals surface area (Å²) in [6.07, 6.45) is 0. The number of nitriles is 1. The van der Waals surface area contributed by atoms with Crippen LogP contribution in [0.5, 0.6) is 0 Å². The number of benzene rings is 1. The molecule has 0 aromatic heterocycles. The van der Waals surface area contributed by atoms with Crippen molar-refractivity contribution in [3.05, 3.63) is 33.9 Å². The number of hydrogen-bond donors (Lipinski definition) is 2. The molecule has 8 nitrogen and oxygen atoms in total. The predicted molar refractivity (Wildman–Crippen MR) is 73.8 cm³/mol. The molecule has 0 spiro atoms. The largest absolute Gasteiger partial charge is 0.378 e. The summed E-state index contributed by atoms with van der Waals surface area (Å²) in [6, 6.07) is 5.72. The first kappa shape index (κ1) is 15.9. The lowest BCUT2D eigenvalue weighted by Crippen LogP contribution is -2.29. The second-order valence-electron chi connectivity index (χ2n) is 3.84. The van der Waals surface area contributed by atoms with Crippen molar-refractivity contribution in [1.29, 1.82) is 5.26 Å². The molecule has 0 radical (unpaired) electrons. The number of nitrogens with zero attached hydrogens (tertiary/aromatic N) is 2. The van der Waals surface area contributed by atoms with Gasteiger partial charge in [-0.2, -0.15) is 5.26 Å². The zero-order valence-corrected chi connectivity index (χ0v) is 11.6. The zero-order valence-electron chi connectivity index (χ0n) is 10.8. The van der Waals surface area contributed by atoms with E-state index in [-0.39, 0.29) is 35.8 Å². The summed E-state index contributed by atoms with van der Waals surface area (Å²) in [5.74, 6) is -0.214. The topological polar surface area (TPSA) is 125 Å². The Morgan fingerprint density at radius 1 is 1.45 bits per heavy atom. The molecule has 1 aromatic rings. The van der Waals surface area contributed by atoms with Crippen LogP contribution in [-0.2, 0) is 10.0 Å². The molecule has 0 fully saturated rings. The van der Waals surface area contributed by atoms with Crippen LogP contribution in [0, 0.1) is 21.4 Å². The van der Waals surface area contributed by atoms with E-state index in [1.807, 2.05) is 6.07 Å². The molecule has 0 amide bonds. The van der Waals surface area contributed by atoms with Crippen LogP contribution in [0.4, 0.5) is 11.4 Å². The van der Waals surface area contributed by atoms with Crippen molar-refractivity contribution in [2.75, 3.05) is 24.2 Å². The second-order valence-corrected chi connectivity index (χ2v) is 5.77. The van der Waals surface area contributed by atoms with Gasteiger partial charge in [0.25, 0.3) is 5.69 Å². The molecule has 0 bridgehead atoms. The number of sulfonamides is 1. The summed E-state index contributed by atoms with van der Waals surface area (Å²) >= 11 is 0. The van der Waals surface area contributed by atoms with Gasteiger partial charge in [-0.25, -0.2) is 13.1 Å². The van der Waals surface area contributed by atoms with E-state index in [0.717, 1.165) is 0 Å². The average molecular weight is 298 g/mol. The third kappa shape index (κ3) is 4.49. The summed E-state index contributed by atoms with van der Waals surface area (Å²) in [6.45, 7) is 1.95. The van der Waals surface area contributed by atoms with Crippen LogP contribution in [0.3, 0.4) is 0 Å². The monoisotopic (exact) mass is 298 g/mol. The molecular formula is C11H14N4O4S. The van der Waals surface area contributed by atoms with E-state index in [9.17, 15) is 18.5 Å². The molecule has 108 valence electrons. The third-order valence-corrected chi connectivity index (χ3v) is 3.84. The van der Waals surface area contributed by atoms with Crippen molar-refractivity contribution < 1.29 is 13.3 Å². The molecule has 0 aliphatic heterocycles. The fraction of sp³-hybridized carbons (Fsp3) is 0.364. The molecule has 20 heavy (non-hydrogen) atoms. The second kappa shape index (κ2) is 6.83. The van der Waals surface area contributed by atoms with Gasteiger partial charge < -0.3 is 5.32 Å². The Bertz CT molecular complexity index is 636. The Kier molecular flexibility index (Phi) is 5.42. The normalized spacial score (nSPS) is 10.8. The Balaban J connectivity index is 2.82. The maximum absolute atomic E-state index is 11.4. The zero-order chi connectivity index (χ0) is 15.2. The Hall–Kier alpha value is -2.18. The summed E-state index contributed by atoms with van der Waals surface area (Å²) in [7, 11) is -3.40. The maximum atomic E-state index is 11.4. The molecule has 0 unspecified atom stereocenters. The smallest absolute Gasteiger partial charge is 0.292 e. The molecule has 0 saturated carbocycles. The van der Waals surface area contributed by atoms with Crippen LogP contribution in [0.1, 0.15) is 12.5 Å². The highest BCUT2D eigenvalue weighted by Gasteiger charge is 2.15. The van der Waals surface area contributed by atoms with Crippen molar-refractivity contribution >= 4 is 21.4 Å². The minimum absolute atomic E-state index is 0.00502. The van der Waals surface area contributed by atoms with E-state index >= 15 is 0 Å². The standard InChI is InChI=1S/C11H14N4O4S/c1-2-14-20(18,19)6-5-13-10-7-9(8-12)3-4-11(10)15(16)17/h3-4,7,13-14H,2,5-6H2,1H3. The van der Waals surface area contributed by atoms with Crippen molar-refractivity contribution in [3.8, 4) is 6.07 Å². The van der Waals surface area contributed by atoms with Gasteiger partial charge >= 0.3 is 0 Å². The van der Waals surface area contributed by atoms with Crippen LogP contribution in [0.25, 0.3) is 0 Å². The van der Waals surface area contributed by atoms with Crippen molar-refractivity contribution in [2.24, 2.45) is 0 Å². The van der Waals surface area contributed by atoms with E-state index in [4.69, 9.17) is 5.26 Å². The molecule has 0 heterocycles. The molecule has 0 aliphatic rings. The van der Waals surface area contributed by atoms with Gasteiger partial charge in [-0.05, 0) is 12.1 Å². The van der Waals surface area contributed by atoms with Gasteiger partial charge in [0.2, 0.25) is 10.0 Å². The van der Waals surface area contributed by atoms with Crippen molar-refractivity contribution in [1.82, 2.24) is 4.72 Å². The van der Waals surface area contributed by atoms with Gasteiger partial charge in [0, 0.05) is 19.2 Å². The van der Waals surface area contributed by atoms with Gasteiger partial charge in [0.05, 0.1) is 22.3 Å². The van der Waals surface area contributed by atoms with Crippen molar-refractivity contribution in [3.63, 3.8) is 0 Å². The molecular weight excluding hydrogens is 284 g/mol. The van der Waals surface area contributed by atoms with Gasteiger partial charge in [-0.15, -0.1) is 0 Å². The lowest BCUT2D eigenvalue weighted by Gasteiger charge is -2.08. The Labute approximate surface area is 116 Å². The summed E-state index contributed by atoms with van der Waals surface area (Å²) in [5, 5.41) is 22.3. The number of anilines is 1. The molecule has 0 atom stereocenters. The molecule has 9 heteroatoms. The molecule has 0 aliphatic carbocycles. The van der Waals surface area contributed by atoms with E-state index in [2.05, 4.69) is 10.0 Å². The first-order chi connectivity index (χ1) is 9.39. The number of nitro groups is 1. The van der Waals surface area contributed by atoms with E-state index < -0.39 is 14.9 Å². The van der Waals surface area contributed by atoms with Crippen LogP contribution >= 0.6 is 0 Å². The first-order valence-corrected chi connectivity index (χ1v) is 7.44. The van der Waals surface area contributed by atoms with E-state index in [1.54, 1.807) is 6.92 Å². The quantitative estimate of drug-likeness (QED) is 0.567. The minimum Gasteiger partial charge on any atom is -0.378 e. The maximum Gasteiger partial charge on any atom is 0.292 e. The molecule has 1 aromatic carbocycles. The number of nitro benzene ring substituents is 1. The van der Waals surface area contributed by atoms with Gasteiger partial charge in [-0.3, -0.25) is 10.1 Å². The number of hydrogen-bond acceptors (Lipinski definition) is 6. The summed E-state index contributed by atoms with van der Waals surface area (Å²) in [5.41, 5.74) is 0.179. The predicted octanol–water partition coefficient (Wildman–Crippen LogP) is 0.818. The lowest BCUT2D eigenvalue weighted by molar-refractivity contribution is -0.384. The number of nitrogens with one attached hydrogen (secondary N) is 2. The Morgan fingerprint density at radius 3 is 2.70 bits per heavy atom. The van der Waals surface area contributed by atoms with Gasteiger partial charge in [-0.1, -0.05) is 6.92 Å². The third-order valence-electron chi connectivity index (χ3n) is 2.37. The fourth-order valence-corrected chi connectivity index (χ4v) is 2.47. The average Bonchev–Trinajstić information content (AvgIpc) is 2.37. The highest BCUT2D eigenvalue weighted by Crippen LogP contribution is 2.24. The van der Waals surface area contributed by atoms with Gasteiger partial charge in [0.1, 0.15) is 5.69 Å². The SMILES string of the molecule is CCNS(=O)(=O)CCNc1cc(C#N)ccc1[N+](=O)[O-]. The summed E-state index contributed by atoms with van der Waals surface area (Å²) < 4.78 is 25.2. The molecule has 0 saturated heterocycles. The van der Waals surface area contributed by atoms with E-state index in [1.165, 1.54) is 18.2 Å². The minimum atomic E-state index is -3.40. The van der Waals surface area contributed by atoms with Crippen LogP contribution in [0.2, 0.25) is 0 Å². The van der Waals surface area contributed by atoms with Crippen LogP contribution < -0.4 is 10.0 Å². The Morgan fingerprint density at radius 2 is 2.15 bits per heavy atom. The highest BCUT2D eigenvalue weighted by atomic mass is 32.2.